The molecular formula is C19H31N. The third kappa shape index (κ3) is 4.09. The number of hydrogen-bond acceptors (Lipinski definition) is 1. The quantitative estimate of drug-likeness (QED) is 0.683. The van der Waals surface area contributed by atoms with Crippen molar-refractivity contribution in [2.24, 2.45) is 5.92 Å². The van der Waals surface area contributed by atoms with E-state index in [-0.39, 0.29) is 0 Å². The molecular weight excluding hydrogens is 242 g/mol. The largest absolute Gasteiger partial charge is 0.316 e. The number of hydrogen-bond donors (Lipinski definition) is 1. The van der Waals surface area contributed by atoms with Crippen molar-refractivity contribution in [2.45, 2.75) is 64.7 Å². The van der Waals surface area contributed by atoms with E-state index in [1.54, 1.807) is 5.56 Å². The third-order valence-corrected chi connectivity index (χ3v) is 4.79. The molecule has 0 spiro atoms. The van der Waals surface area contributed by atoms with E-state index in [0.717, 1.165) is 19.0 Å². The van der Waals surface area contributed by atoms with E-state index in [0.29, 0.717) is 11.8 Å². The Bertz CT molecular complexity index is 373. The second-order valence-corrected chi connectivity index (χ2v) is 6.68. The van der Waals surface area contributed by atoms with Gasteiger partial charge < -0.3 is 5.32 Å². The molecule has 1 unspecified atom stereocenters. The van der Waals surface area contributed by atoms with Crippen molar-refractivity contribution < 1.29 is 0 Å². The summed E-state index contributed by atoms with van der Waals surface area (Å²) in [6.07, 6.45) is 6.93. The summed E-state index contributed by atoms with van der Waals surface area (Å²) in [4.78, 5) is 0. The summed E-state index contributed by atoms with van der Waals surface area (Å²) in [6, 6.07) is 9.43. The van der Waals surface area contributed by atoms with Gasteiger partial charge in [-0.05, 0) is 54.7 Å². The van der Waals surface area contributed by atoms with Crippen LogP contribution in [0, 0.1) is 5.92 Å². The zero-order valence-electron chi connectivity index (χ0n) is 13.5. The molecule has 1 aromatic carbocycles. The van der Waals surface area contributed by atoms with Crippen LogP contribution in [0.2, 0.25) is 0 Å². The number of benzene rings is 1. The van der Waals surface area contributed by atoms with Crippen molar-refractivity contribution >= 4 is 0 Å². The minimum absolute atomic E-state index is 0.632. The Morgan fingerprint density at radius 3 is 2.20 bits per heavy atom. The summed E-state index contributed by atoms with van der Waals surface area (Å²) >= 11 is 0. The van der Waals surface area contributed by atoms with Gasteiger partial charge >= 0.3 is 0 Å². The van der Waals surface area contributed by atoms with Gasteiger partial charge in [-0.2, -0.15) is 0 Å². The molecule has 0 aliphatic heterocycles. The zero-order valence-corrected chi connectivity index (χ0v) is 13.5. The summed E-state index contributed by atoms with van der Waals surface area (Å²) in [5.74, 6) is 2.24. The fraction of sp³-hybridized carbons (Fsp3) is 0.684. The highest BCUT2D eigenvalue weighted by atomic mass is 14.9. The molecule has 0 heterocycles. The molecule has 1 aliphatic rings. The van der Waals surface area contributed by atoms with E-state index >= 15 is 0 Å². The fourth-order valence-electron chi connectivity index (χ4n) is 3.48. The summed E-state index contributed by atoms with van der Waals surface area (Å²) < 4.78 is 0. The lowest BCUT2D eigenvalue weighted by molar-refractivity contribution is 0.411. The van der Waals surface area contributed by atoms with Crippen LogP contribution in [0.25, 0.3) is 0 Å². The molecule has 0 amide bonds. The van der Waals surface area contributed by atoms with Crippen molar-refractivity contribution in [1.82, 2.24) is 5.32 Å². The Balaban J connectivity index is 2.07. The molecule has 1 atom stereocenters. The van der Waals surface area contributed by atoms with Gasteiger partial charge in [-0.25, -0.2) is 0 Å². The Labute approximate surface area is 125 Å². The first-order chi connectivity index (χ1) is 9.72. The van der Waals surface area contributed by atoms with E-state index in [4.69, 9.17) is 0 Å². The Hall–Kier alpha value is -0.820. The van der Waals surface area contributed by atoms with Gasteiger partial charge in [-0.15, -0.1) is 0 Å². The highest BCUT2D eigenvalue weighted by Crippen LogP contribution is 2.37. The monoisotopic (exact) mass is 273 g/mol. The highest BCUT2D eigenvalue weighted by Gasteiger charge is 2.25. The molecule has 2 rings (SSSR count). The highest BCUT2D eigenvalue weighted by molar-refractivity contribution is 5.28. The maximum Gasteiger partial charge on any atom is 0.00228 e. The van der Waals surface area contributed by atoms with Crippen LogP contribution >= 0.6 is 0 Å². The van der Waals surface area contributed by atoms with Gasteiger partial charge in [0.2, 0.25) is 0 Å². The van der Waals surface area contributed by atoms with Crippen LogP contribution in [-0.4, -0.2) is 13.1 Å². The lowest BCUT2D eigenvalue weighted by Crippen LogP contribution is -2.26. The lowest BCUT2D eigenvalue weighted by atomic mass is 9.84. The molecule has 1 aromatic rings. The average Bonchev–Trinajstić information content (AvgIpc) is 2.98. The molecule has 0 bridgehead atoms. The van der Waals surface area contributed by atoms with Crippen LogP contribution in [0.3, 0.4) is 0 Å². The van der Waals surface area contributed by atoms with Gasteiger partial charge in [-0.1, -0.05) is 57.9 Å². The minimum atomic E-state index is 0.632. The normalized spacial score (nSPS) is 17.8. The minimum Gasteiger partial charge on any atom is -0.316 e. The summed E-state index contributed by atoms with van der Waals surface area (Å²) in [5, 5.41) is 3.65. The van der Waals surface area contributed by atoms with Gasteiger partial charge in [0, 0.05) is 6.54 Å². The fourth-order valence-corrected chi connectivity index (χ4v) is 3.48. The summed E-state index contributed by atoms with van der Waals surface area (Å²) in [5.41, 5.74) is 3.00. The molecule has 1 aliphatic carbocycles. The molecule has 1 fully saturated rings. The van der Waals surface area contributed by atoms with E-state index in [1.807, 2.05) is 0 Å². The molecule has 20 heavy (non-hydrogen) atoms. The number of nitrogens with one attached hydrogen (secondary N) is 1. The zero-order chi connectivity index (χ0) is 14.4. The van der Waals surface area contributed by atoms with E-state index in [9.17, 15) is 0 Å². The average molecular weight is 273 g/mol. The van der Waals surface area contributed by atoms with E-state index < -0.39 is 0 Å². The molecule has 0 radical (unpaired) electrons. The van der Waals surface area contributed by atoms with Crippen LogP contribution in [0.1, 0.15) is 75.8 Å². The summed E-state index contributed by atoms with van der Waals surface area (Å²) in [7, 11) is 0. The van der Waals surface area contributed by atoms with Crippen LogP contribution < -0.4 is 5.32 Å². The Morgan fingerprint density at radius 1 is 1.05 bits per heavy atom. The van der Waals surface area contributed by atoms with Crippen LogP contribution in [0.5, 0.6) is 0 Å². The molecule has 0 aromatic heterocycles. The van der Waals surface area contributed by atoms with Gasteiger partial charge in [0.1, 0.15) is 0 Å². The Kier molecular flexibility index (Phi) is 6.09. The third-order valence-electron chi connectivity index (χ3n) is 4.79. The van der Waals surface area contributed by atoms with Gasteiger partial charge in [0.25, 0.3) is 0 Å². The van der Waals surface area contributed by atoms with Crippen LogP contribution in [0.4, 0.5) is 0 Å². The molecule has 1 N–H and O–H groups in total. The second kappa shape index (κ2) is 7.83. The first-order valence-electron chi connectivity index (χ1n) is 8.53. The first kappa shape index (κ1) is 15.6. The van der Waals surface area contributed by atoms with E-state index in [2.05, 4.69) is 50.4 Å². The van der Waals surface area contributed by atoms with Gasteiger partial charge in [0.05, 0.1) is 0 Å². The van der Waals surface area contributed by atoms with Crippen LogP contribution in [-0.2, 0) is 0 Å². The Morgan fingerprint density at radius 2 is 1.65 bits per heavy atom. The van der Waals surface area contributed by atoms with Crippen molar-refractivity contribution in [3.05, 3.63) is 35.4 Å². The SMILES string of the molecule is CCCNCC(c1ccc(C(C)C)cc1)C1CCCC1. The maximum atomic E-state index is 3.65. The standard InChI is InChI=1S/C19H31N/c1-4-13-20-14-19(17-7-5-6-8-17)18-11-9-16(10-12-18)15(2)3/h9-12,15,17,19-20H,4-8,13-14H2,1-3H3. The van der Waals surface area contributed by atoms with Gasteiger partial charge in [-0.3, -0.25) is 0 Å². The molecule has 1 heteroatoms. The van der Waals surface area contributed by atoms with Crippen molar-refractivity contribution in [1.29, 1.82) is 0 Å². The van der Waals surface area contributed by atoms with Crippen LogP contribution in [0.15, 0.2) is 24.3 Å². The predicted molar refractivity (Wildman–Crippen MR) is 88.4 cm³/mol. The lowest BCUT2D eigenvalue weighted by Gasteiger charge is -2.25. The van der Waals surface area contributed by atoms with Gasteiger partial charge in [0.15, 0.2) is 0 Å². The maximum absolute atomic E-state index is 3.65. The molecule has 1 saturated carbocycles. The molecule has 1 nitrogen and oxygen atoms in total. The molecule has 0 saturated heterocycles. The second-order valence-electron chi connectivity index (χ2n) is 6.68. The van der Waals surface area contributed by atoms with Crippen molar-refractivity contribution in [3.8, 4) is 0 Å². The molecule has 112 valence electrons. The van der Waals surface area contributed by atoms with Crippen molar-refractivity contribution in [2.75, 3.05) is 13.1 Å². The smallest absolute Gasteiger partial charge is 0.00228 e. The predicted octanol–water partition coefficient (Wildman–Crippen LogP) is 5.08. The summed E-state index contributed by atoms with van der Waals surface area (Å²) in [6.45, 7) is 9.08. The van der Waals surface area contributed by atoms with Crippen molar-refractivity contribution in [3.63, 3.8) is 0 Å². The number of rotatable bonds is 7. The van der Waals surface area contributed by atoms with E-state index in [1.165, 1.54) is 37.7 Å². The topological polar surface area (TPSA) is 12.0 Å². The first-order valence-corrected chi connectivity index (χ1v) is 8.53.